The van der Waals surface area contributed by atoms with Crippen molar-refractivity contribution in [3.63, 3.8) is 0 Å². The predicted octanol–water partition coefficient (Wildman–Crippen LogP) is 2.74. The molecule has 0 aromatic carbocycles. The summed E-state index contributed by atoms with van der Waals surface area (Å²) in [5.74, 6) is 0.326. The molecule has 0 aromatic rings. The van der Waals surface area contributed by atoms with Crippen LogP contribution in [-0.4, -0.2) is 17.0 Å². The monoisotopic (exact) mass is 282 g/mol. The van der Waals surface area contributed by atoms with E-state index in [0.717, 1.165) is 10.9 Å². The molecular formula is C13H15BrO2. The maximum Gasteiger partial charge on any atom is 0.165 e. The van der Waals surface area contributed by atoms with Gasteiger partial charge in [-0.1, -0.05) is 40.7 Å². The number of fused-ring (bicyclic) bond motifs is 1. The Morgan fingerprint density at radius 3 is 3.12 bits per heavy atom. The lowest BCUT2D eigenvalue weighted by Crippen LogP contribution is -2.42. The molecule has 1 N–H and O–H groups in total. The molecule has 3 heteroatoms. The molecule has 2 nitrogen and oxygen atoms in total. The van der Waals surface area contributed by atoms with Crippen molar-refractivity contribution < 1.29 is 9.90 Å². The predicted molar refractivity (Wildman–Crippen MR) is 67.1 cm³/mol. The topological polar surface area (TPSA) is 37.3 Å². The van der Waals surface area contributed by atoms with E-state index >= 15 is 0 Å². The van der Waals surface area contributed by atoms with Crippen LogP contribution < -0.4 is 0 Å². The third kappa shape index (κ3) is 1.94. The Kier molecular flexibility index (Phi) is 3.17. The summed E-state index contributed by atoms with van der Waals surface area (Å²) in [4.78, 5) is 12.1. The smallest absolute Gasteiger partial charge is 0.165 e. The highest BCUT2D eigenvalue weighted by molar-refractivity contribution is 9.11. The lowest BCUT2D eigenvalue weighted by atomic mass is 9.62. The van der Waals surface area contributed by atoms with Crippen molar-refractivity contribution in [1.29, 1.82) is 0 Å². The Morgan fingerprint density at radius 1 is 1.69 bits per heavy atom. The summed E-state index contributed by atoms with van der Waals surface area (Å²) >= 11 is 3.34. The molecule has 3 unspecified atom stereocenters. The fourth-order valence-corrected chi connectivity index (χ4v) is 3.16. The van der Waals surface area contributed by atoms with Gasteiger partial charge in [0.25, 0.3) is 0 Å². The molecule has 0 radical (unpaired) electrons. The highest BCUT2D eigenvalue weighted by atomic mass is 79.9. The van der Waals surface area contributed by atoms with Gasteiger partial charge in [-0.05, 0) is 35.7 Å². The molecule has 2 rings (SSSR count). The fourth-order valence-electron chi connectivity index (χ4n) is 2.69. The number of ketones is 1. The quantitative estimate of drug-likeness (QED) is 0.791. The van der Waals surface area contributed by atoms with E-state index in [0.29, 0.717) is 12.8 Å². The van der Waals surface area contributed by atoms with E-state index in [-0.39, 0.29) is 11.7 Å². The van der Waals surface area contributed by atoms with Gasteiger partial charge in [-0.3, -0.25) is 4.79 Å². The van der Waals surface area contributed by atoms with Gasteiger partial charge in [0.15, 0.2) is 5.78 Å². The molecule has 0 saturated carbocycles. The van der Waals surface area contributed by atoms with E-state index < -0.39 is 11.5 Å². The first-order valence-electron chi connectivity index (χ1n) is 5.46. The van der Waals surface area contributed by atoms with Gasteiger partial charge >= 0.3 is 0 Å². The highest BCUT2D eigenvalue weighted by Crippen LogP contribution is 2.47. The molecule has 0 aromatic heterocycles. The van der Waals surface area contributed by atoms with Crippen molar-refractivity contribution in [3.05, 3.63) is 35.4 Å². The largest absolute Gasteiger partial charge is 0.389 e. The standard InChI is InChI=1S/C13H15BrO2/c1-9(14)8-13-6-5-11(15)7-10(13)3-2-4-12(13)16/h2,4-6,10-11,15H,1,3,7-8H2. The van der Waals surface area contributed by atoms with E-state index in [1.165, 1.54) is 0 Å². The number of allylic oxidation sites excluding steroid dienone is 4. The number of aliphatic hydroxyl groups is 1. The first kappa shape index (κ1) is 11.8. The van der Waals surface area contributed by atoms with Gasteiger partial charge in [0.05, 0.1) is 11.5 Å². The maximum atomic E-state index is 12.1. The number of carbonyl (C=O) groups is 1. The van der Waals surface area contributed by atoms with Crippen molar-refractivity contribution in [2.45, 2.75) is 25.4 Å². The minimum absolute atomic E-state index is 0.132. The average molecular weight is 283 g/mol. The summed E-state index contributed by atoms with van der Waals surface area (Å²) < 4.78 is 0.835. The molecule has 0 heterocycles. The SMILES string of the molecule is C=C(Br)CC12C=CC(O)CC1CC=CC2=O. The van der Waals surface area contributed by atoms with Gasteiger partial charge in [0, 0.05) is 0 Å². The second kappa shape index (κ2) is 4.30. The second-order valence-corrected chi connectivity index (χ2v) is 5.72. The Balaban J connectivity index is 2.40. The Bertz CT molecular complexity index is 383. The summed E-state index contributed by atoms with van der Waals surface area (Å²) in [7, 11) is 0. The minimum Gasteiger partial charge on any atom is -0.389 e. The molecule has 0 spiro atoms. The molecule has 0 bridgehead atoms. The van der Waals surface area contributed by atoms with Crippen LogP contribution in [0.15, 0.2) is 35.4 Å². The molecule has 0 aliphatic heterocycles. The van der Waals surface area contributed by atoms with Crippen molar-refractivity contribution >= 4 is 21.7 Å². The van der Waals surface area contributed by atoms with Crippen LogP contribution in [0.1, 0.15) is 19.3 Å². The number of carbonyl (C=O) groups excluding carboxylic acids is 1. The second-order valence-electron chi connectivity index (χ2n) is 4.60. The maximum absolute atomic E-state index is 12.1. The van der Waals surface area contributed by atoms with Gasteiger partial charge in [-0.15, -0.1) is 0 Å². The van der Waals surface area contributed by atoms with E-state index in [9.17, 15) is 9.90 Å². The Morgan fingerprint density at radius 2 is 2.44 bits per heavy atom. The molecule has 0 amide bonds. The molecule has 2 aliphatic carbocycles. The zero-order valence-electron chi connectivity index (χ0n) is 9.03. The molecule has 3 atom stereocenters. The van der Waals surface area contributed by atoms with Gasteiger partial charge in [-0.2, -0.15) is 0 Å². The van der Waals surface area contributed by atoms with E-state index in [2.05, 4.69) is 22.5 Å². The van der Waals surface area contributed by atoms with Crippen LogP contribution in [0.3, 0.4) is 0 Å². The third-order valence-corrected chi connectivity index (χ3v) is 3.78. The van der Waals surface area contributed by atoms with Crippen molar-refractivity contribution in [2.24, 2.45) is 11.3 Å². The molecule has 86 valence electrons. The van der Waals surface area contributed by atoms with Crippen molar-refractivity contribution in [1.82, 2.24) is 0 Å². The zero-order chi connectivity index (χ0) is 11.8. The van der Waals surface area contributed by atoms with Gasteiger partial charge in [0.1, 0.15) is 0 Å². The molecule has 0 saturated heterocycles. The fraction of sp³-hybridized carbons (Fsp3) is 0.462. The van der Waals surface area contributed by atoms with Crippen LogP contribution in [0.25, 0.3) is 0 Å². The zero-order valence-corrected chi connectivity index (χ0v) is 10.6. The first-order chi connectivity index (χ1) is 7.54. The summed E-state index contributed by atoms with van der Waals surface area (Å²) in [6.45, 7) is 3.83. The lowest BCUT2D eigenvalue weighted by Gasteiger charge is -2.42. The van der Waals surface area contributed by atoms with Crippen LogP contribution in [0, 0.1) is 11.3 Å². The number of halogens is 1. The number of rotatable bonds is 2. The average Bonchev–Trinajstić information content (AvgIpc) is 2.20. The summed E-state index contributed by atoms with van der Waals surface area (Å²) in [6.07, 6.45) is 8.90. The Labute approximate surface area is 104 Å². The normalized spacial score (nSPS) is 37.2. The Hall–Kier alpha value is -0.670. The van der Waals surface area contributed by atoms with Crippen LogP contribution in [-0.2, 0) is 4.79 Å². The number of aliphatic hydroxyl groups excluding tert-OH is 1. The van der Waals surface area contributed by atoms with Crippen LogP contribution in [0.4, 0.5) is 0 Å². The molecule has 2 aliphatic rings. The van der Waals surface area contributed by atoms with Gasteiger partial charge < -0.3 is 5.11 Å². The number of hydrogen-bond donors (Lipinski definition) is 1. The summed E-state index contributed by atoms with van der Waals surface area (Å²) in [5, 5.41) is 9.63. The third-order valence-electron chi connectivity index (χ3n) is 3.50. The van der Waals surface area contributed by atoms with Crippen molar-refractivity contribution in [3.8, 4) is 0 Å². The molecule has 0 fully saturated rings. The molecule has 16 heavy (non-hydrogen) atoms. The summed E-state index contributed by atoms with van der Waals surface area (Å²) in [6, 6.07) is 0. The van der Waals surface area contributed by atoms with Crippen LogP contribution >= 0.6 is 15.9 Å². The van der Waals surface area contributed by atoms with E-state index in [4.69, 9.17) is 0 Å². The van der Waals surface area contributed by atoms with Crippen LogP contribution in [0.5, 0.6) is 0 Å². The van der Waals surface area contributed by atoms with Crippen LogP contribution in [0.2, 0.25) is 0 Å². The van der Waals surface area contributed by atoms with E-state index in [1.807, 2.05) is 12.2 Å². The van der Waals surface area contributed by atoms with Gasteiger partial charge in [-0.25, -0.2) is 0 Å². The van der Waals surface area contributed by atoms with E-state index in [1.54, 1.807) is 12.2 Å². The summed E-state index contributed by atoms with van der Waals surface area (Å²) in [5.41, 5.74) is -0.478. The minimum atomic E-state index is -0.478. The van der Waals surface area contributed by atoms with Gasteiger partial charge in [0.2, 0.25) is 0 Å². The lowest BCUT2D eigenvalue weighted by molar-refractivity contribution is -0.125. The molecular weight excluding hydrogens is 268 g/mol. The van der Waals surface area contributed by atoms with Crippen molar-refractivity contribution in [2.75, 3.05) is 0 Å². The highest BCUT2D eigenvalue weighted by Gasteiger charge is 2.45. The number of hydrogen-bond acceptors (Lipinski definition) is 2. The first-order valence-corrected chi connectivity index (χ1v) is 6.25.